The molecule has 3 rings (SSSR count). The van der Waals surface area contributed by atoms with Gasteiger partial charge in [0, 0.05) is 0 Å². The third kappa shape index (κ3) is 11.9. The van der Waals surface area contributed by atoms with Crippen molar-refractivity contribution in [1.82, 2.24) is 0 Å². The zero-order valence-electron chi connectivity index (χ0n) is 24.8. The Hall–Kier alpha value is -2.16. The number of aryl methyl sites for hydroxylation is 2. The van der Waals surface area contributed by atoms with Crippen molar-refractivity contribution < 1.29 is 13.9 Å². The van der Waals surface area contributed by atoms with Crippen LogP contribution in [0.25, 0.3) is 11.1 Å². The van der Waals surface area contributed by atoms with Gasteiger partial charge in [0.2, 0.25) is 0 Å². The maximum absolute atomic E-state index is 13.9. The van der Waals surface area contributed by atoms with Gasteiger partial charge in [-0.25, -0.2) is 9.18 Å². The average Bonchev–Trinajstić information content (AvgIpc) is 2.97. The number of hydrogen-bond donors (Lipinski definition) is 0. The molecule has 3 heteroatoms. The molecule has 0 radical (unpaired) electrons. The number of halogens is 1. The summed E-state index contributed by atoms with van der Waals surface area (Å²) in [4.78, 5) is 12.0. The molecule has 0 saturated heterocycles. The second-order valence-electron chi connectivity index (χ2n) is 11.8. The Morgan fingerprint density at radius 3 is 1.79 bits per heavy atom. The Kier molecular flexibility index (Phi) is 14.7. The van der Waals surface area contributed by atoms with E-state index in [1.165, 1.54) is 80.0 Å². The average molecular weight is 537 g/mol. The summed E-state index contributed by atoms with van der Waals surface area (Å²) in [6.45, 7) is 4.28. The van der Waals surface area contributed by atoms with Crippen LogP contribution in [0.5, 0.6) is 0 Å². The van der Waals surface area contributed by atoms with Gasteiger partial charge in [-0.3, -0.25) is 0 Å². The van der Waals surface area contributed by atoms with Gasteiger partial charge < -0.3 is 4.74 Å². The Morgan fingerprint density at radius 1 is 0.718 bits per heavy atom. The molecule has 1 aliphatic carbocycles. The van der Waals surface area contributed by atoms with Crippen LogP contribution in [0.1, 0.15) is 128 Å². The number of benzene rings is 2. The number of alkyl halides is 1. The molecule has 39 heavy (non-hydrogen) atoms. The number of hydrogen-bond acceptors (Lipinski definition) is 2. The highest BCUT2D eigenvalue weighted by atomic mass is 19.1. The standard InChI is InChI=1S/C36H53FO2/c1-3-5-7-8-9-10-11-12-13-29-17-23-32(24-18-29)33-25-19-30(20-26-33)15-16-31-21-27-34(28-22-31)39-36(38)35(37)14-6-4-2/h17-20,23-26,31,34-35H,3-16,21-22,27-28H2,1-2H3/t31-,34-,35-/m0/s1. The van der Waals surface area contributed by atoms with Crippen molar-refractivity contribution in [3.05, 3.63) is 59.7 Å². The van der Waals surface area contributed by atoms with Crippen LogP contribution < -0.4 is 0 Å². The molecule has 0 unspecified atom stereocenters. The van der Waals surface area contributed by atoms with Gasteiger partial charge in [0.25, 0.3) is 0 Å². The first-order valence-corrected chi connectivity index (χ1v) is 16.1. The summed E-state index contributed by atoms with van der Waals surface area (Å²) in [6.07, 6.45) is 18.6. The van der Waals surface area contributed by atoms with Gasteiger partial charge >= 0.3 is 5.97 Å². The van der Waals surface area contributed by atoms with Crippen molar-refractivity contribution in [2.75, 3.05) is 0 Å². The molecule has 0 aromatic heterocycles. The molecular formula is C36H53FO2. The van der Waals surface area contributed by atoms with Crippen LogP contribution in [-0.4, -0.2) is 18.2 Å². The number of rotatable bonds is 18. The van der Waals surface area contributed by atoms with Gasteiger partial charge in [-0.05, 0) is 86.0 Å². The van der Waals surface area contributed by atoms with Crippen molar-refractivity contribution in [3.8, 4) is 11.1 Å². The van der Waals surface area contributed by atoms with Crippen LogP contribution in [0.3, 0.4) is 0 Å². The van der Waals surface area contributed by atoms with Gasteiger partial charge in [0.1, 0.15) is 6.10 Å². The fourth-order valence-electron chi connectivity index (χ4n) is 5.84. The van der Waals surface area contributed by atoms with Crippen LogP contribution in [-0.2, 0) is 22.4 Å². The Morgan fingerprint density at radius 2 is 1.23 bits per heavy atom. The lowest BCUT2D eigenvalue weighted by molar-refractivity contribution is -0.157. The van der Waals surface area contributed by atoms with Crippen LogP contribution in [0.15, 0.2) is 48.5 Å². The summed E-state index contributed by atoms with van der Waals surface area (Å²) < 4.78 is 19.4. The molecule has 0 bridgehead atoms. The molecule has 0 spiro atoms. The highest BCUT2D eigenvalue weighted by molar-refractivity contribution is 5.74. The maximum Gasteiger partial charge on any atom is 0.340 e. The molecule has 2 aromatic carbocycles. The Labute approximate surface area is 238 Å². The minimum Gasteiger partial charge on any atom is -0.460 e. The number of esters is 1. The maximum atomic E-state index is 13.9. The zero-order valence-corrected chi connectivity index (χ0v) is 24.8. The number of unbranched alkanes of at least 4 members (excludes halogenated alkanes) is 8. The lowest BCUT2D eigenvalue weighted by Gasteiger charge is -2.28. The number of ether oxygens (including phenoxy) is 1. The molecule has 216 valence electrons. The quantitative estimate of drug-likeness (QED) is 0.140. The second-order valence-corrected chi connectivity index (χ2v) is 11.8. The van der Waals surface area contributed by atoms with E-state index in [0.29, 0.717) is 5.92 Å². The van der Waals surface area contributed by atoms with Gasteiger partial charge in [-0.2, -0.15) is 0 Å². The van der Waals surface area contributed by atoms with Crippen molar-refractivity contribution in [1.29, 1.82) is 0 Å². The van der Waals surface area contributed by atoms with E-state index in [4.69, 9.17) is 4.74 Å². The largest absolute Gasteiger partial charge is 0.460 e. The fraction of sp³-hybridized carbons (Fsp3) is 0.639. The van der Waals surface area contributed by atoms with Crippen molar-refractivity contribution in [3.63, 3.8) is 0 Å². The summed E-state index contributed by atoms with van der Waals surface area (Å²) in [5, 5.41) is 0. The summed E-state index contributed by atoms with van der Waals surface area (Å²) in [5.74, 6) is 0.0135. The van der Waals surface area contributed by atoms with E-state index in [1.807, 2.05) is 6.92 Å². The minimum atomic E-state index is -1.46. The third-order valence-corrected chi connectivity index (χ3v) is 8.54. The van der Waals surface area contributed by atoms with E-state index in [0.717, 1.165) is 51.4 Å². The van der Waals surface area contributed by atoms with Gasteiger partial charge in [-0.1, -0.05) is 120 Å². The van der Waals surface area contributed by atoms with Crippen LogP contribution in [0, 0.1) is 5.92 Å². The Bertz CT molecular complexity index is 912. The van der Waals surface area contributed by atoms with Crippen LogP contribution >= 0.6 is 0 Å². The molecule has 0 N–H and O–H groups in total. The summed E-state index contributed by atoms with van der Waals surface area (Å²) in [6, 6.07) is 18.2. The third-order valence-electron chi connectivity index (χ3n) is 8.54. The lowest BCUT2D eigenvalue weighted by Crippen LogP contribution is -2.29. The first-order valence-electron chi connectivity index (χ1n) is 16.1. The van der Waals surface area contributed by atoms with E-state index in [-0.39, 0.29) is 12.5 Å². The normalized spacial score (nSPS) is 18.1. The van der Waals surface area contributed by atoms with E-state index in [1.54, 1.807) is 0 Å². The molecule has 2 aromatic rings. The highest BCUT2D eigenvalue weighted by Gasteiger charge is 2.27. The van der Waals surface area contributed by atoms with Crippen LogP contribution in [0.2, 0.25) is 0 Å². The zero-order chi connectivity index (χ0) is 27.7. The lowest BCUT2D eigenvalue weighted by atomic mass is 9.83. The van der Waals surface area contributed by atoms with Crippen molar-refractivity contribution in [2.45, 2.75) is 142 Å². The molecule has 0 heterocycles. The topological polar surface area (TPSA) is 26.3 Å². The molecule has 2 nitrogen and oxygen atoms in total. The van der Waals surface area contributed by atoms with Gasteiger partial charge in [0.05, 0.1) is 0 Å². The molecular weight excluding hydrogens is 483 g/mol. The number of carbonyl (C=O) groups excluding carboxylic acids is 1. The van der Waals surface area contributed by atoms with Gasteiger partial charge in [-0.15, -0.1) is 0 Å². The molecule has 1 saturated carbocycles. The molecule has 1 atom stereocenters. The van der Waals surface area contributed by atoms with Crippen LogP contribution in [0.4, 0.5) is 4.39 Å². The summed E-state index contributed by atoms with van der Waals surface area (Å²) in [7, 11) is 0. The van der Waals surface area contributed by atoms with E-state index < -0.39 is 12.1 Å². The summed E-state index contributed by atoms with van der Waals surface area (Å²) in [5.41, 5.74) is 5.41. The van der Waals surface area contributed by atoms with E-state index >= 15 is 0 Å². The predicted octanol–water partition coefficient (Wildman–Crippen LogP) is 10.6. The molecule has 0 aliphatic heterocycles. The van der Waals surface area contributed by atoms with Crippen molar-refractivity contribution >= 4 is 5.97 Å². The smallest absolute Gasteiger partial charge is 0.340 e. The van der Waals surface area contributed by atoms with E-state index in [9.17, 15) is 9.18 Å². The van der Waals surface area contributed by atoms with Crippen molar-refractivity contribution in [2.24, 2.45) is 5.92 Å². The predicted molar refractivity (Wildman–Crippen MR) is 163 cm³/mol. The van der Waals surface area contributed by atoms with E-state index in [2.05, 4.69) is 55.5 Å². The summed E-state index contributed by atoms with van der Waals surface area (Å²) >= 11 is 0. The molecule has 1 aliphatic rings. The first-order chi connectivity index (χ1) is 19.1. The van der Waals surface area contributed by atoms with Gasteiger partial charge in [0.15, 0.2) is 6.17 Å². The Balaban J connectivity index is 1.32. The molecule has 0 amide bonds. The monoisotopic (exact) mass is 536 g/mol. The SMILES string of the molecule is CCCCCCCCCCc1ccc(-c2ccc(CC[C@H]3CC[C@H](OC(=O)[C@@H](F)CCCC)CC3)cc2)cc1. The highest BCUT2D eigenvalue weighted by Crippen LogP contribution is 2.30. The molecule has 1 fully saturated rings. The number of carbonyl (C=O) groups is 1. The second kappa shape index (κ2) is 18.2. The minimum absolute atomic E-state index is 0.0976. The first kappa shape index (κ1) is 31.4. The fourth-order valence-corrected chi connectivity index (χ4v) is 5.84.